The van der Waals surface area contributed by atoms with Crippen molar-refractivity contribution < 1.29 is 134 Å². The average Bonchev–Trinajstić information content (AvgIpc) is 1.73. The second-order valence-corrected chi connectivity index (χ2v) is 22.6. The molecule has 0 amide bonds. The lowest BCUT2D eigenvalue weighted by molar-refractivity contribution is -0.314. The number of carbonyl (C=O) groups is 10. The van der Waals surface area contributed by atoms with Crippen LogP contribution in [0, 0.1) is 0 Å². The van der Waals surface area contributed by atoms with Gasteiger partial charge in [-0.3, -0.25) is 19.2 Å². The first kappa shape index (κ1) is 71.5. The fraction of sp³-hybridized carbons (Fsp3) is 0.352. The molecule has 4 saturated heterocycles. The lowest BCUT2D eigenvalue weighted by atomic mass is 9.98. The Hall–Kier alpha value is -10.3. The van der Waals surface area contributed by atoms with Crippen LogP contribution in [0.3, 0.4) is 0 Å². The van der Waals surface area contributed by atoms with Crippen LogP contribution in [-0.4, -0.2) is 196 Å². The third kappa shape index (κ3) is 18.7. The lowest BCUT2D eigenvalue weighted by Gasteiger charge is -2.44. The van der Waals surface area contributed by atoms with Gasteiger partial charge in [0.1, 0.15) is 56.4 Å². The number of aliphatic hydroxyl groups is 1. The van der Waals surface area contributed by atoms with Crippen LogP contribution >= 0.6 is 0 Å². The van der Waals surface area contributed by atoms with Gasteiger partial charge in [0, 0.05) is 27.7 Å². The second kappa shape index (κ2) is 33.8. The van der Waals surface area contributed by atoms with Crippen molar-refractivity contribution >= 4 is 59.7 Å². The number of rotatable bonds is 26. The minimum Gasteiger partial charge on any atom is -0.463 e. The van der Waals surface area contributed by atoms with Gasteiger partial charge in [0.2, 0.25) is 0 Å². The van der Waals surface area contributed by atoms with Crippen molar-refractivity contribution in [3.05, 3.63) is 215 Å². The molecule has 1 N–H and O–H groups in total. The highest BCUT2D eigenvalue weighted by atomic mass is 16.8. The maximum Gasteiger partial charge on any atom is 0.338 e. The van der Waals surface area contributed by atoms with Crippen LogP contribution in [0.15, 0.2) is 182 Å². The van der Waals surface area contributed by atoms with Crippen molar-refractivity contribution in [3.63, 3.8) is 0 Å². The van der Waals surface area contributed by atoms with Crippen molar-refractivity contribution in [1.82, 2.24) is 0 Å². The van der Waals surface area contributed by atoms with Gasteiger partial charge in [-0.1, -0.05) is 109 Å². The minimum atomic E-state index is -2.21. The smallest absolute Gasteiger partial charge is 0.338 e. The molecule has 0 unspecified atom stereocenters. The quantitative estimate of drug-likeness (QED) is 0.0507. The van der Waals surface area contributed by atoms with Gasteiger partial charge < -0.3 is 85.6 Å². The number of hydrogen-bond donors (Lipinski definition) is 1. The van der Waals surface area contributed by atoms with Crippen LogP contribution in [0.5, 0.6) is 0 Å². The largest absolute Gasteiger partial charge is 0.463 e. The van der Waals surface area contributed by atoms with Gasteiger partial charge in [-0.15, -0.1) is 0 Å². The molecule has 4 heterocycles. The summed E-state index contributed by atoms with van der Waals surface area (Å²) in [6.45, 7) is 1.18. The second-order valence-electron chi connectivity index (χ2n) is 22.6. The molecular weight excluding hydrogens is 1300 g/mol. The zero-order valence-electron chi connectivity index (χ0n) is 53.4. The molecule has 0 spiro atoms. The van der Waals surface area contributed by atoms with E-state index in [1.807, 2.05) is 0 Å². The third-order valence-corrected chi connectivity index (χ3v) is 15.6. The first-order valence-corrected chi connectivity index (χ1v) is 31.1. The van der Waals surface area contributed by atoms with Gasteiger partial charge in [-0.05, 0) is 72.8 Å². The summed E-state index contributed by atoms with van der Waals surface area (Å²) in [7, 11) is 0. The summed E-state index contributed by atoms with van der Waals surface area (Å²) < 4.78 is 104. The molecule has 4 aliphatic heterocycles. The molecule has 520 valence electrons. The van der Waals surface area contributed by atoms with E-state index in [0.29, 0.717) is 0 Å². The third-order valence-electron chi connectivity index (χ3n) is 15.6. The molecule has 17 atom stereocenters. The molecule has 28 nitrogen and oxygen atoms in total. The van der Waals surface area contributed by atoms with Crippen LogP contribution < -0.4 is 0 Å². The highest BCUT2D eigenvalue weighted by Gasteiger charge is 2.60. The van der Waals surface area contributed by atoms with Gasteiger partial charge in [0.05, 0.1) is 40.0 Å². The molecule has 0 saturated carbocycles. The summed E-state index contributed by atoms with van der Waals surface area (Å²) in [5, 5.41) is 12.4. The monoisotopic (exact) mass is 1370 g/mol. The van der Waals surface area contributed by atoms with E-state index >= 15 is 0 Å². The Morgan fingerprint density at radius 2 is 0.556 bits per heavy atom. The maximum absolute atomic E-state index is 14.4. The normalized spacial score (nSPS) is 26.9. The summed E-state index contributed by atoms with van der Waals surface area (Å²) >= 11 is 0. The van der Waals surface area contributed by atoms with Crippen LogP contribution in [0.1, 0.15) is 89.8 Å². The molecular formula is C71H68O28. The van der Waals surface area contributed by atoms with Crippen molar-refractivity contribution in [1.29, 1.82) is 0 Å². The Kier molecular flexibility index (Phi) is 24.4. The Morgan fingerprint density at radius 1 is 0.283 bits per heavy atom. The summed E-state index contributed by atoms with van der Waals surface area (Å²) in [6, 6.07) is 46.1. The molecule has 6 aromatic carbocycles. The van der Waals surface area contributed by atoms with Gasteiger partial charge in [-0.25, -0.2) is 28.8 Å². The number of esters is 10. The Labute approximate surface area is 565 Å². The van der Waals surface area contributed by atoms with E-state index in [1.165, 1.54) is 72.8 Å². The standard InChI is InChI=1S/C71H68O28/c1-39(72)83-35-50-53(87-40(2)73)57(88-41(3)74)61(89-42(4)75)69(91-50)86-38-49-54(98-70-59(96-66(80)47-31-19-9-20-32-47)55(94-64(78)45-27-15-7-16-28-45)51(92-70)36-84-62(76)43-23-11-5-12-24-43)58(68(82)90-49)99-71-60(97-67(81)48-33-21-10-22-34-48)56(95-65(79)46-29-17-8-18-30-46)52(93-71)37-85-63(77)44-25-13-6-14-26-44/h5-34,49-61,68-71,82H,35-38H2,1-4H3/t49-,50-,51-,52-,53-,54-,55-,56-,57+,58+,59+,60+,61+,68+,69+,70-,71-/m1/s1. The summed E-state index contributed by atoms with van der Waals surface area (Å²) in [6.07, 6.45) is -30.7. The molecule has 99 heavy (non-hydrogen) atoms. The Balaban J connectivity index is 1.06. The van der Waals surface area contributed by atoms with Gasteiger partial charge in [0.25, 0.3) is 0 Å². The maximum atomic E-state index is 14.4. The van der Waals surface area contributed by atoms with Gasteiger partial charge in [-0.2, -0.15) is 0 Å². The SMILES string of the molecule is CC(=O)OC[C@H]1O[C@H](OC[C@H]2O[C@H](O)[C@@H](O[C@H]3O[C@H](COC(=O)c4ccccc4)[C@@H](OC(=O)c4ccccc4)[C@@H]3OC(=O)c3ccccc3)[C@@H]2O[C@H]2O[C@H](COC(=O)c3ccccc3)[C@@H](OC(=O)c3ccccc3)[C@@H]2OC(=O)c2ccccc2)[C@@H](OC(C)=O)[C@@H](OC(C)=O)[C@@H]1OC(C)=O. The molecule has 0 radical (unpaired) electrons. The van der Waals surface area contributed by atoms with Crippen LogP contribution in [0.25, 0.3) is 0 Å². The van der Waals surface area contributed by atoms with E-state index < -0.39 is 191 Å². The van der Waals surface area contributed by atoms with Crippen LogP contribution in [-0.2, 0) is 99.7 Å². The molecule has 6 aromatic rings. The highest BCUT2D eigenvalue weighted by molar-refractivity contribution is 5.92. The van der Waals surface area contributed by atoms with E-state index in [9.17, 15) is 53.1 Å². The molecule has 10 rings (SSSR count). The fourth-order valence-electron chi connectivity index (χ4n) is 11.1. The lowest BCUT2D eigenvalue weighted by Crippen LogP contribution is -2.63. The molecule has 4 aliphatic rings. The minimum absolute atomic E-state index is 0.00537. The predicted octanol–water partition coefficient (Wildman–Crippen LogP) is 5.64. The summed E-state index contributed by atoms with van der Waals surface area (Å²) in [5.74, 6) is -9.35. The fourth-order valence-corrected chi connectivity index (χ4v) is 11.1. The zero-order valence-corrected chi connectivity index (χ0v) is 53.4. The number of benzene rings is 6. The number of hydrogen-bond acceptors (Lipinski definition) is 28. The van der Waals surface area contributed by atoms with Gasteiger partial charge in [0.15, 0.2) is 67.9 Å². The topological polar surface area (TPSA) is 348 Å². The van der Waals surface area contributed by atoms with E-state index in [0.717, 1.165) is 27.7 Å². The van der Waals surface area contributed by atoms with Crippen molar-refractivity contribution in [2.45, 2.75) is 132 Å². The van der Waals surface area contributed by atoms with E-state index in [-0.39, 0.29) is 33.4 Å². The molecule has 4 fully saturated rings. The number of carbonyl (C=O) groups excluding carboxylic acids is 10. The summed E-state index contributed by atoms with van der Waals surface area (Å²) in [4.78, 5) is 135. The van der Waals surface area contributed by atoms with Crippen molar-refractivity contribution in [2.75, 3.05) is 26.4 Å². The van der Waals surface area contributed by atoms with Crippen molar-refractivity contribution in [3.8, 4) is 0 Å². The number of aliphatic hydroxyl groups excluding tert-OH is 1. The van der Waals surface area contributed by atoms with Crippen LogP contribution in [0.2, 0.25) is 0 Å². The van der Waals surface area contributed by atoms with Gasteiger partial charge >= 0.3 is 59.7 Å². The first-order chi connectivity index (χ1) is 47.8. The summed E-state index contributed by atoms with van der Waals surface area (Å²) in [5.41, 5.74) is 0.264. The Bertz CT molecular complexity index is 3750. The van der Waals surface area contributed by atoms with E-state index in [4.69, 9.17) is 80.5 Å². The van der Waals surface area contributed by atoms with E-state index in [2.05, 4.69) is 0 Å². The molecule has 0 bridgehead atoms. The van der Waals surface area contributed by atoms with E-state index in [1.54, 1.807) is 109 Å². The first-order valence-electron chi connectivity index (χ1n) is 31.1. The predicted molar refractivity (Wildman–Crippen MR) is 332 cm³/mol. The highest BCUT2D eigenvalue weighted by Crippen LogP contribution is 2.39. The molecule has 28 heteroatoms. The van der Waals surface area contributed by atoms with Crippen molar-refractivity contribution in [2.24, 2.45) is 0 Å². The number of ether oxygens (including phenoxy) is 17. The van der Waals surface area contributed by atoms with Crippen LogP contribution in [0.4, 0.5) is 0 Å². The molecule has 0 aliphatic carbocycles. The zero-order chi connectivity index (χ0) is 70.1. The average molecular weight is 1370 g/mol. The molecule has 0 aromatic heterocycles. The Morgan fingerprint density at radius 3 is 0.909 bits per heavy atom.